The molecule has 102 valence electrons. The van der Waals surface area contributed by atoms with E-state index in [4.69, 9.17) is 5.11 Å². The van der Waals surface area contributed by atoms with Crippen molar-refractivity contribution >= 4 is 11.9 Å². The van der Waals surface area contributed by atoms with Crippen molar-refractivity contribution in [2.75, 3.05) is 0 Å². The maximum Gasteiger partial charge on any atom is 0.306 e. The van der Waals surface area contributed by atoms with E-state index in [1.165, 1.54) is 0 Å². The molecule has 2 rings (SSSR count). The second-order valence-corrected chi connectivity index (χ2v) is 6.01. The number of aliphatic carboxylic acids is 1. The predicted molar refractivity (Wildman–Crippen MR) is 68.0 cm³/mol. The van der Waals surface area contributed by atoms with Crippen molar-refractivity contribution in [2.24, 2.45) is 17.8 Å². The summed E-state index contributed by atoms with van der Waals surface area (Å²) in [5.41, 5.74) is 0. The molecule has 0 aromatic carbocycles. The van der Waals surface area contributed by atoms with E-state index in [-0.39, 0.29) is 23.8 Å². The van der Waals surface area contributed by atoms with Crippen LogP contribution in [0.4, 0.5) is 0 Å². The van der Waals surface area contributed by atoms with Crippen molar-refractivity contribution in [1.29, 1.82) is 0 Å². The summed E-state index contributed by atoms with van der Waals surface area (Å²) in [6.45, 7) is 2.24. The van der Waals surface area contributed by atoms with E-state index in [1.807, 2.05) is 0 Å². The molecule has 0 aliphatic heterocycles. The molecule has 2 fully saturated rings. The van der Waals surface area contributed by atoms with E-state index >= 15 is 0 Å². The summed E-state index contributed by atoms with van der Waals surface area (Å²) >= 11 is 0. The number of carboxylic acids is 1. The van der Waals surface area contributed by atoms with Crippen LogP contribution in [0.2, 0.25) is 0 Å². The second kappa shape index (κ2) is 5.72. The van der Waals surface area contributed by atoms with Crippen molar-refractivity contribution in [3.05, 3.63) is 0 Å². The molecule has 2 N–H and O–H groups in total. The Kier molecular flexibility index (Phi) is 4.25. The average Bonchev–Trinajstić information content (AvgIpc) is 2.78. The number of carbonyl (C=O) groups excluding carboxylic acids is 1. The Morgan fingerprint density at radius 1 is 1.00 bits per heavy atom. The minimum absolute atomic E-state index is 0.0814. The highest BCUT2D eigenvalue weighted by Crippen LogP contribution is 2.30. The summed E-state index contributed by atoms with van der Waals surface area (Å²) in [6.07, 6.45) is 6.36. The normalized spacial score (nSPS) is 36.3. The van der Waals surface area contributed by atoms with E-state index in [1.54, 1.807) is 0 Å². The minimum Gasteiger partial charge on any atom is -0.481 e. The third kappa shape index (κ3) is 3.24. The van der Waals surface area contributed by atoms with Crippen molar-refractivity contribution in [3.8, 4) is 0 Å². The molecule has 0 heterocycles. The first-order valence-corrected chi connectivity index (χ1v) is 7.09. The summed E-state index contributed by atoms with van der Waals surface area (Å²) in [4.78, 5) is 22.9. The Hall–Kier alpha value is -1.06. The Morgan fingerprint density at radius 3 is 2.17 bits per heavy atom. The van der Waals surface area contributed by atoms with Gasteiger partial charge in [-0.05, 0) is 50.9 Å². The van der Waals surface area contributed by atoms with Crippen LogP contribution >= 0.6 is 0 Å². The number of nitrogens with one attached hydrogen (secondary N) is 1. The van der Waals surface area contributed by atoms with E-state index in [9.17, 15) is 9.59 Å². The summed E-state index contributed by atoms with van der Waals surface area (Å²) in [6, 6.07) is 0.0814. The monoisotopic (exact) mass is 253 g/mol. The zero-order valence-electron chi connectivity index (χ0n) is 11.0. The van der Waals surface area contributed by atoms with E-state index in [2.05, 4.69) is 12.2 Å². The number of rotatable bonds is 3. The maximum absolute atomic E-state index is 12.1. The van der Waals surface area contributed by atoms with Crippen LogP contribution in [0.3, 0.4) is 0 Å². The van der Waals surface area contributed by atoms with E-state index < -0.39 is 5.97 Å². The number of amides is 1. The fourth-order valence-electron chi connectivity index (χ4n) is 3.18. The molecular formula is C14H23NO3. The number of hydrogen-bond donors (Lipinski definition) is 2. The van der Waals surface area contributed by atoms with Crippen LogP contribution in [0.25, 0.3) is 0 Å². The van der Waals surface area contributed by atoms with Gasteiger partial charge in [-0.1, -0.05) is 6.92 Å². The summed E-state index contributed by atoms with van der Waals surface area (Å²) < 4.78 is 0. The standard InChI is InChI=1S/C14H23NO3/c1-9-2-4-10(5-3-9)13(16)15-12-7-6-11(8-12)14(17)18/h9-12H,2-8H2,1H3,(H,15,16)(H,17,18)/t9?,10?,11-,12+/m1/s1. The molecule has 4 heteroatoms. The van der Waals surface area contributed by atoms with Gasteiger partial charge in [-0.15, -0.1) is 0 Å². The van der Waals surface area contributed by atoms with Crippen LogP contribution in [0.1, 0.15) is 51.9 Å². The van der Waals surface area contributed by atoms with Gasteiger partial charge in [0.25, 0.3) is 0 Å². The Labute approximate surface area is 108 Å². The molecule has 2 aliphatic rings. The molecule has 2 saturated carbocycles. The Balaban J connectivity index is 1.76. The van der Waals surface area contributed by atoms with Crippen LogP contribution in [-0.4, -0.2) is 23.0 Å². The SMILES string of the molecule is CC1CCC(C(=O)N[C@H]2CC[C@@H](C(=O)O)C2)CC1. The highest BCUT2D eigenvalue weighted by molar-refractivity contribution is 5.79. The van der Waals surface area contributed by atoms with Gasteiger partial charge in [0.05, 0.1) is 5.92 Å². The molecule has 0 aromatic rings. The van der Waals surface area contributed by atoms with Gasteiger partial charge < -0.3 is 10.4 Å². The number of carbonyl (C=O) groups is 2. The molecule has 2 atom stereocenters. The largest absolute Gasteiger partial charge is 0.481 e. The fourth-order valence-corrected chi connectivity index (χ4v) is 3.18. The lowest BCUT2D eigenvalue weighted by molar-refractivity contribution is -0.141. The third-order valence-electron chi connectivity index (χ3n) is 4.51. The Morgan fingerprint density at radius 2 is 1.61 bits per heavy atom. The van der Waals surface area contributed by atoms with E-state index in [0.717, 1.165) is 38.0 Å². The third-order valence-corrected chi connectivity index (χ3v) is 4.51. The average molecular weight is 253 g/mol. The van der Waals surface area contributed by atoms with Crippen molar-refractivity contribution in [3.63, 3.8) is 0 Å². The first-order valence-electron chi connectivity index (χ1n) is 7.09. The molecule has 0 unspecified atom stereocenters. The van der Waals surface area contributed by atoms with Crippen LogP contribution in [0.5, 0.6) is 0 Å². The van der Waals surface area contributed by atoms with Crippen LogP contribution < -0.4 is 5.32 Å². The smallest absolute Gasteiger partial charge is 0.306 e. The molecule has 0 aromatic heterocycles. The molecule has 1 amide bonds. The summed E-state index contributed by atoms with van der Waals surface area (Å²) in [7, 11) is 0. The van der Waals surface area contributed by atoms with Gasteiger partial charge in [0.1, 0.15) is 0 Å². The number of hydrogen-bond acceptors (Lipinski definition) is 2. The minimum atomic E-state index is -0.724. The molecular weight excluding hydrogens is 230 g/mol. The zero-order valence-corrected chi connectivity index (χ0v) is 11.0. The van der Waals surface area contributed by atoms with Gasteiger partial charge in [-0.25, -0.2) is 0 Å². The maximum atomic E-state index is 12.1. The second-order valence-electron chi connectivity index (χ2n) is 6.01. The van der Waals surface area contributed by atoms with Gasteiger partial charge in [-0.2, -0.15) is 0 Å². The Bertz CT molecular complexity index is 321. The number of carboxylic acid groups (broad SMARTS) is 1. The van der Waals surface area contributed by atoms with Crippen LogP contribution in [0, 0.1) is 17.8 Å². The topological polar surface area (TPSA) is 66.4 Å². The lowest BCUT2D eigenvalue weighted by atomic mass is 9.82. The predicted octanol–water partition coefficient (Wildman–Crippen LogP) is 2.18. The molecule has 0 bridgehead atoms. The van der Waals surface area contributed by atoms with Gasteiger partial charge >= 0.3 is 5.97 Å². The van der Waals surface area contributed by atoms with Gasteiger partial charge in [0.2, 0.25) is 5.91 Å². The lowest BCUT2D eigenvalue weighted by Crippen LogP contribution is -2.39. The first-order chi connectivity index (χ1) is 8.56. The van der Waals surface area contributed by atoms with Gasteiger partial charge in [0, 0.05) is 12.0 Å². The summed E-state index contributed by atoms with van der Waals surface area (Å²) in [5, 5.41) is 12.0. The van der Waals surface area contributed by atoms with Crippen molar-refractivity contribution < 1.29 is 14.7 Å². The van der Waals surface area contributed by atoms with Crippen LogP contribution in [0.15, 0.2) is 0 Å². The molecule has 0 spiro atoms. The van der Waals surface area contributed by atoms with E-state index in [0.29, 0.717) is 12.8 Å². The highest BCUT2D eigenvalue weighted by atomic mass is 16.4. The molecule has 0 radical (unpaired) electrons. The summed E-state index contributed by atoms with van der Waals surface area (Å²) in [5.74, 6) is 0.0693. The van der Waals surface area contributed by atoms with Gasteiger partial charge in [0.15, 0.2) is 0 Å². The zero-order chi connectivity index (χ0) is 13.1. The highest BCUT2D eigenvalue weighted by Gasteiger charge is 2.32. The quantitative estimate of drug-likeness (QED) is 0.810. The van der Waals surface area contributed by atoms with Gasteiger partial charge in [-0.3, -0.25) is 9.59 Å². The first kappa shape index (κ1) is 13.4. The molecule has 4 nitrogen and oxygen atoms in total. The van der Waals surface area contributed by atoms with Crippen molar-refractivity contribution in [1.82, 2.24) is 5.32 Å². The molecule has 18 heavy (non-hydrogen) atoms. The van der Waals surface area contributed by atoms with Crippen molar-refractivity contribution in [2.45, 2.75) is 57.9 Å². The fraction of sp³-hybridized carbons (Fsp3) is 0.857. The molecule has 0 saturated heterocycles. The van der Waals surface area contributed by atoms with Crippen LogP contribution in [-0.2, 0) is 9.59 Å². The molecule has 2 aliphatic carbocycles. The lowest BCUT2D eigenvalue weighted by Gasteiger charge is -2.26.